The van der Waals surface area contributed by atoms with Gasteiger partial charge >= 0.3 is 0 Å². The van der Waals surface area contributed by atoms with Gasteiger partial charge in [0, 0.05) is 17.1 Å². The molecule has 0 fully saturated rings. The number of nitrogens with one attached hydrogen (secondary N) is 1. The molecule has 2 amide bonds. The van der Waals surface area contributed by atoms with E-state index in [2.05, 4.69) is 5.32 Å². The highest BCUT2D eigenvalue weighted by Gasteiger charge is 2.31. The van der Waals surface area contributed by atoms with Gasteiger partial charge in [-0.05, 0) is 65.7 Å². The molecule has 0 saturated carbocycles. The minimum atomic E-state index is -1.60. The Hall–Kier alpha value is -3.94. The molecule has 186 valence electrons. The molecule has 8 heteroatoms. The molecule has 0 aromatic heterocycles. The number of nitrogens with zero attached hydrogens (tertiary/aromatic N) is 1. The molecule has 0 bridgehead atoms. The first-order valence-corrected chi connectivity index (χ1v) is 13.1. The summed E-state index contributed by atoms with van der Waals surface area (Å²) >= 11 is 6.19. The third-order valence-corrected chi connectivity index (χ3v) is 7.85. The van der Waals surface area contributed by atoms with E-state index < -0.39 is 10.8 Å². The number of fused-ring (bicyclic) bond motifs is 2. The van der Waals surface area contributed by atoms with Crippen molar-refractivity contribution >= 4 is 39.9 Å². The lowest BCUT2D eigenvalue weighted by atomic mass is 10.1. The zero-order valence-electron chi connectivity index (χ0n) is 19.9. The Bertz CT molecular complexity index is 1520. The Morgan fingerprint density at radius 2 is 1.70 bits per heavy atom. The predicted octanol–water partition coefficient (Wildman–Crippen LogP) is 5.61. The summed E-state index contributed by atoms with van der Waals surface area (Å²) in [5.41, 5.74) is 2.88. The maximum absolute atomic E-state index is 13.7. The summed E-state index contributed by atoms with van der Waals surface area (Å²) in [6, 6.07) is 26.5. The van der Waals surface area contributed by atoms with Crippen LogP contribution in [0.15, 0.2) is 101 Å². The average Bonchev–Trinajstić information content (AvgIpc) is 3.01. The summed E-state index contributed by atoms with van der Waals surface area (Å²) in [6.07, 6.45) is 0. The Morgan fingerprint density at radius 3 is 2.46 bits per heavy atom. The van der Waals surface area contributed by atoms with Gasteiger partial charge in [0.1, 0.15) is 5.75 Å². The van der Waals surface area contributed by atoms with E-state index >= 15 is 0 Å². The third kappa shape index (κ3) is 5.14. The summed E-state index contributed by atoms with van der Waals surface area (Å²) in [4.78, 5) is 29.3. The first-order valence-electron chi connectivity index (χ1n) is 11.6. The van der Waals surface area contributed by atoms with Crippen molar-refractivity contribution in [1.82, 2.24) is 5.32 Å². The molecule has 0 radical (unpaired) electrons. The largest absolute Gasteiger partial charge is 0.497 e. The second-order valence-electron chi connectivity index (χ2n) is 8.50. The number of methoxy groups -OCH3 is 1. The van der Waals surface area contributed by atoms with Gasteiger partial charge in [-0.1, -0.05) is 48.0 Å². The van der Waals surface area contributed by atoms with Crippen molar-refractivity contribution in [1.29, 1.82) is 0 Å². The maximum atomic E-state index is 13.7. The number of hydrogen-bond donors (Lipinski definition) is 1. The van der Waals surface area contributed by atoms with E-state index in [0.717, 1.165) is 16.9 Å². The van der Waals surface area contributed by atoms with E-state index in [4.69, 9.17) is 16.3 Å². The van der Waals surface area contributed by atoms with Crippen LogP contribution in [0.1, 0.15) is 31.8 Å². The zero-order valence-corrected chi connectivity index (χ0v) is 21.5. The van der Waals surface area contributed by atoms with Crippen molar-refractivity contribution in [3.05, 3.63) is 118 Å². The van der Waals surface area contributed by atoms with Crippen LogP contribution in [0.3, 0.4) is 0 Å². The quantitative estimate of drug-likeness (QED) is 0.352. The van der Waals surface area contributed by atoms with E-state index in [-0.39, 0.29) is 18.4 Å². The second kappa shape index (κ2) is 10.6. The first-order chi connectivity index (χ1) is 17.9. The number of rotatable bonds is 6. The molecule has 4 aromatic carbocycles. The van der Waals surface area contributed by atoms with Gasteiger partial charge < -0.3 is 15.0 Å². The fourth-order valence-corrected chi connectivity index (χ4v) is 5.77. The number of carbonyl (C=O) groups is 2. The number of benzene rings is 4. The minimum Gasteiger partial charge on any atom is -0.497 e. The van der Waals surface area contributed by atoms with Crippen molar-refractivity contribution in [3.8, 4) is 5.75 Å². The molecule has 4 aromatic rings. The molecule has 1 heterocycles. The Balaban J connectivity index is 1.50. The van der Waals surface area contributed by atoms with Gasteiger partial charge in [-0.25, -0.2) is 4.21 Å². The molecule has 5 rings (SSSR count). The lowest BCUT2D eigenvalue weighted by Gasteiger charge is -2.24. The van der Waals surface area contributed by atoms with Crippen LogP contribution in [-0.4, -0.2) is 23.1 Å². The number of anilines is 1. The van der Waals surface area contributed by atoms with E-state index in [9.17, 15) is 13.8 Å². The van der Waals surface area contributed by atoms with Gasteiger partial charge in [0.15, 0.2) is 0 Å². The highest BCUT2D eigenvalue weighted by Crippen LogP contribution is 2.36. The van der Waals surface area contributed by atoms with Crippen LogP contribution in [-0.2, 0) is 23.9 Å². The lowest BCUT2D eigenvalue weighted by molar-refractivity contribution is 0.0947. The first kappa shape index (κ1) is 24.7. The average molecular weight is 531 g/mol. The molecule has 0 unspecified atom stereocenters. The van der Waals surface area contributed by atoms with Crippen LogP contribution >= 0.6 is 11.6 Å². The maximum Gasteiger partial charge on any atom is 0.259 e. The second-order valence-corrected chi connectivity index (χ2v) is 10.4. The molecule has 1 aliphatic heterocycles. The normalized spacial score (nSPS) is 14.4. The number of hydrogen-bond acceptors (Lipinski definition) is 4. The Labute approximate surface area is 222 Å². The van der Waals surface area contributed by atoms with Gasteiger partial charge in [-0.3, -0.25) is 9.59 Å². The molecule has 6 nitrogen and oxygen atoms in total. The lowest BCUT2D eigenvalue weighted by Crippen LogP contribution is -2.31. The molecule has 0 saturated heterocycles. The molecule has 37 heavy (non-hydrogen) atoms. The third-order valence-electron chi connectivity index (χ3n) is 6.12. The highest BCUT2D eigenvalue weighted by atomic mass is 35.5. The summed E-state index contributed by atoms with van der Waals surface area (Å²) < 4.78 is 18.7. The van der Waals surface area contributed by atoms with Crippen molar-refractivity contribution in [3.63, 3.8) is 0 Å². The summed E-state index contributed by atoms with van der Waals surface area (Å²) in [5.74, 6) is 0.138. The number of halogens is 1. The van der Waals surface area contributed by atoms with Crippen LogP contribution in [0.4, 0.5) is 5.69 Å². The Kier molecular flexibility index (Phi) is 7.08. The van der Waals surface area contributed by atoms with Gasteiger partial charge in [-0.2, -0.15) is 0 Å². The van der Waals surface area contributed by atoms with Crippen LogP contribution in [0.2, 0.25) is 5.02 Å². The van der Waals surface area contributed by atoms with Crippen LogP contribution in [0, 0.1) is 0 Å². The van der Waals surface area contributed by atoms with Gasteiger partial charge in [0.05, 0.1) is 45.5 Å². The number of ether oxygens (including phenoxy) is 1. The van der Waals surface area contributed by atoms with E-state index in [1.807, 2.05) is 36.4 Å². The topological polar surface area (TPSA) is 75.7 Å². The van der Waals surface area contributed by atoms with Crippen LogP contribution in [0.25, 0.3) is 0 Å². The molecule has 0 aliphatic carbocycles. The molecular weight excluding hydrogens is 508 g/mol. The van der Waals surface area contributed by atoms with Gasteiger partial charge in [0.2, 0.25) is 0 Å². The smallest absolute Gasteiger partial charge is 0.259 e. The predicted molar refractivity (Wildman–Crippen MR) is 144 cm³/mol. The van der Waals surface area contributed by atoms with Crippen molar-refractivity contribution in [2.75, 3.05) is 12.0 Å². The summed E-state index contributed by atoms with van der Waals surface area (Å²) in [6.45, 7) is 0.525. The summed E-state index contributed by atoms with van der Waals surface area (Å²) in [7, 11) is -0.00328. The number of amides is 2. The van der Waals surface area contributed by atoms with Crippen molar-refractivity contribution < 1.29 is 18.5 Å². The van der Waals surface area contributed by atoms with Crippen LogP contribution in [0.5, 0.6) is 5.75 Å². The standard InChI is InChI=1S/C29H23ClN2O4S/c1-36-23-12-9-19(10-13-23)17-31-28(33)21-11-14-27-25(16-21)32(18-20-5-4-6-22(30)15-20)29(34)24-7-2-3-8-26(24)37(27)35/h2-16H,17-18H2,1H3,(H,31,33)/t37-/m0/s1. The molecule has 1 N–H and O–H groups in total. The van der Waals surface area contributed by atoms with Crippen molar-refractivity contribution in [2.45, 2.75) is 22.9 Å². The fourth-order valence-electron chi connectivity index (χ4n) is 4.21. The molecule has 1 aliphatic rings. The highest BCUT2D eigenvalue weighted by molar-refractivity contribution is 7.85. The molecule has 0 spiro atoms. The number of carbonyl (C=O) groups excluding carboxylic acids is 2. The zero-order chi connectivity index (χ0) is 25.9. The molecular formula is C29H23ClN2O4S. The monoisotopic (exact) mass is 530 g/mol. The van der Waals surface area contributed by atoms with Gasteiger partial charge in [0.25, 0.3) is 11.8 Å². The van der Waals surface area contributed by atoms with E-state index in [0.29, 0.717) is 38.2 Å². The van der Waals surface area contributed by atoms with E-state index in [1.165, 1.54) is 0 Å². The Morgan fingerprint density at radius 1 is 0.919 bits per heavy atom. The van der Waals surface area contributed by atoms with Crippen LogP contribution < -0.4 is 15.0 Å². The SMILES string of the molecule is COc1ccc(CNC(=O)c2ccc3c(c2)N(Cc2cccc(Cl)c2)C(=O)c2ccccc2[S@@]3=O)cc1. The van der Waals surface area contributed by atoms with Gasteiger partial charge in [-0.15, -0.1) is 0 Å². The molecule has 1 atom stereocenters. The minimum absolute atomic E-state index is 0.203. The summed E-state index contributed by atoms with van der Waals surface area (Å²) in [5, 5.41) is 3.46. The van der Waals surface area contributed by atoms with E-state index in [1.54, 1.807) is 66.6 Å². The fraction of sp³-hybridized carbons (Fsp3) is 0.103. The van der Waals surface area contributed by atoms with Crippen molar-refractivity contribution in [2.24, 2.45) is 0 Å².